The fourth-order valence-electron chi connectivity index (χ4n) is 2.74. The number of rotatable bonds is 5. The Morgan fingerprint density at radius 3 is 2.67 bits per heavy atom. The molecule has 7 heteroatoms. The van der Waals surface area contributed by atoms with Crippen molar-refractivity contribution in [1.82, 2.24) is 4.98 Å². The van der Waals surface area contributed by atoms with Crippen molar-refractivity contribution in [3.8, 4) is 0 Å². The van der Waals surface area contributed by atoms with Crippen LogP contribution in [-0.2, 0) is 9.53 Å². The van der Waals surface area contributed by atoms with E-state index in [1.807, 2.05) is 0 Å². The van der Waals surface area contributed by atoms with Gasteiger partial charge in [-0.3, -0.25) is 4.79 Å². The van der Waals surface area contributed by atoms with Gasteiger partial charge >= 0.3 is 5.97 Å². The zero-order valence-corrected chi connectivity index (χ0v) is 12.0. The lowest BCUT2D eigenvalue weighted by molar-refractivity contribution is -0.116. The van der Waals surface area contributed by atoms with E-state index < -0.39 is 11.9 Å². The average molecular weight is 292 g/mol. The molecule has 1 aliphatic carbocycles. The summed E-state index contributed by atoms with van der Waals surface area (Å²) in [5.74, 6) is -0.559. The van der Waals surface area contributed by atoms with E-state index in [9.17, 15) is 9.59 Å². The van der Waals surface area contributed by atoms with Gasteiger partial charge in [-0.1, -0.05) is 12.8 Å². The van der Waals surface area contributed by atoms with Gasteiger partial charge in [0.2, 0.25) is 5.91 Å². The summed E-state index contributed by atoms with van der Waals surface area (Å²) in [5, 5.41) is 0. The summed E-state index contributed by atoms with van der Waals surface area (Å²) in [6.45, 7) is 0.0342. The summed E-state index contributed by atoms with van der Waals surface area (Å²) in [7, 11) is 1.29. The van der Waals surface area contributed by atoms with E-state index >= 15 is 0 Å². The molecule has 7 nitrogen and oxygen atoms in total. The molecule has 0 saturated heterocycles. The minimum atomic E-state index is -0.526. The van der Waals surface area contributed by atoms with Gasteiger partial charge in [0.25, 0.3) is 0 Å². The number of pyridine rings is 1. The SMILES string of the molecule is COC(=O)c1ccnc(N(CC(N)=O)C2CCCC2)c1N. The second kappa shape index (κ2) is 6.43. The maximum atomic E-state index is 11.7. The molecule has 1 fully saturated rings. The van der Waals surface area contributed by atoms with E-state index in [1.54, 1.807) is 4.90 Å². The van der Waals surface area contributed by atoms with Crippen LogP contribution in [0.3, 0.4) is 0 Å². The number of amides is 1. The summed E-state index contributed by atoms with van der Waals surface area (Å²) in [5.41, 5.74) is 11.8. The molecule has 0 unspecified atom stereocenters. The van der Waals surface area contributed by atoms with Gasteiger partial charge in [-0.05, 0) is 18.9 Å². The van der Waals surface area contributed by atoms with Crippen LogP contribution < -0.4 is 16.4 Å². The van der Waals surface area contributed by atoms with E-state index in [-0.39, 0.29) is 23.8 Å². The number of esters is 1. The number of methoxy groups -OCH3 is 1. The highest BCUT2D eigenvalue weighted by Gasteiger charge is 2.28. The van der Waals surface area contributed by atoms with Crippen molar-refractivity contribution in [3.05, 3.63) is 17.8 Å². The quantitative estimate of drug-likeness (QED) is 0.772. The molecule has 0 spiro atoms. The molecule has 2 rings (SSSR count). The second-order valence-electron chi connectivity index (χ2n) is 5.12. The van der Waals surface area contributed by atoms with Crippen LogP contribution in [0.15, 0.2) is 12.3 Å². The van der Waals surface area contributed by atoms with Gasteiger partial charge in [0.1, 0.15) is 0 Å². The maximum Gasteiger partial charge on any atom is 0.340 e. The smallest absolute Gasteiger partial charge is 0.340 e. The molecule has 1 heterocycles. The van der Waals surface area contributed by atoms with Crippen molar-refractivity contribution >= 4 is 23.4 Å². The Hall–Kier alpha value is -2.31. The van der Waals surface area contributed by atoms with E-state index in [0.29, 0.717) is 5.82 Å². The van der Waals surface area contributed by atoms with Gasteiger partial charge in [0.05, 0.1) is 24.9 Å². The lowest BCUT2D eigenvalue weighted by Gasteiger charge is -2.30. The monoisotopic (exact) mass is 292 g/mol. The van der Waals surface area contributed by atoms with Crippen LogP contribution in [-0.4, -0.2) is 36.6 Å². The van der Waals surface area contributed by atoms with Gasteiger partial charge in [0, 0.05) is 12.2 Å². The minimum Gasteiger partial charge on any atom is -0.465 e. The molecular formula is C14H20N4O3. The Morgan fingerprint density at radius 2 is 2.10 bits per heavy atom. The molecule has 21 heavy (non-hydrogen) atoms. The molecule has 1 saturated carbocycles. The number of nitrogen functional groups attached to an aromatic ring is 1. The summed E-state index contributed by atoms with van der Waals surface area (Å²) < 4.78 is 4.70. The third-order valence-electron chi connectivity index (χ3n) is 3.74. The topological polar surface area (TPSA) is 112 Å². The molecular weight excluding hydrogens is 272 g/mol. The minimum absolute atomic E-state index is 0.0342. The zero-order valence-electron chi connectivity index (χ0n) is 12.0. The van der Waals surface area contributed by atoms with E-state index in [0.717, 1.165) is 25.7 Å². The van der Waals surface area contributed by atoms with Crippen LogP contribution in [0.25, 0.3) is 0 Å². The number of hydrogen-bond donors (Lipinski definition) is 2. The fraction of sp³-hybridized carbons (Fsp3) is 0.500. The van der Waals surface area contributed by atoms with Crippen LogP contribution in [0.2, 0.25) is 0 Å². The number of nitrogens with two attached hydrogens (primary N) is 2. The first-order valence-corrected chi connectivity index (χ1v) is 6.92. The Morgan fingerprint density at radius 1 is 1.43 bits per heavy atom. The van der Waals surface area contributed by atoms with Gasteiger partial charge in [-0.25, -0.2) is 9.78 Å². The second-order valence-corrected chi connectivity index (χ2v) is 5.12. The number of hydrogen-bond acceptors (Lipinski definition) is 6. The average Bonchev–Trinajstić information content (AvgIpc) is 2.98. The lowest BCUT2D eigenvalue weighted by atomic mass is 10.1. The van der Waals surface area contributed by atoms with E-state index in [1.165, 1.54) is 19.4 Å². The lowest BCUT2D eigenvalue weighted by Crippen LogP contribution is -2.41. The summed E-state index contributed by atoms with van der Waals surface area (Å²) in [4.78, 5) is 29.1. The highest BCUT2D eigenvalue weighted by atomic mass is 16.5. The van der Waals surface area contributed by atoms with Crippen molar-refractivity contribution in [2.75, 3.05) is 24.3 Å². The Kier molecular flexibility index (Phi) is 4.62. The number of anilines is 2. The first-order chi connectivity index (χ1) is 10.0. The number of carbonyl (C=O) groups is 2. The highest BCUT2D eigenvalue weighted by Crippen LogP contribution is 2.31. The maximum absolute atomic E-state index is 11.7. The third-order valence-corrected chi connectivity index (χ3v) is 3.74. The van der Waals surface area contributed by atoms with Crippen molar-refractivity contribution in [2.45, 2.75) is 31.7 Å². The van der Waals surface area contributed by atoms with Crippen molar-refractivity contribution in [3.63, 3.8) is 0 Å². The predicted octanol–water partition coefficient (Wildman–Crippen LogP) is 0.685. The molecule has 0 aliphatic heterocycles. The van der Waals surface area contributed by atoms with Gasteiger partial charge < -0.3 is 21.1 Å². The number of primary amides is 1. The Labute approximate surface area is 123 Å². The number of carbonyl (C=O) groups excluding carboxylic acids is 2. The summed E-state index contributed by atoms with van der Waals surface area (Å²) in [6.07, 6.45) is 5.58. The highest BCUT2D eigenvalue weighted by molar-refractivity contribution is 5.98. The number of nitrogens with zero attached hydrogens (tertiary/aromatic N) is 2. The Balaban J connectivity index is 2.39. The molecule has 1 amide bonds. The Bertz CT molecular complexity index is 541. The van der Waals surface area contributed by atoms with Crippen LogP contribution in [0.5, 0.6) is 0 Å². The molecule has 0 bridgehead atoms. The van der Waals surface area contributed by atoms with Crippen LogP contribution in [0.1, 0.15) is 36.0 Å². The van der Waals surface area contributed by atoms with E-state index in [2.05, 4.69) is 4.98 Å². The number of aromatic nitrogens is 1. The fourth-order valence-corrected chi connectivity index (χ4v) is 2.74. The van der Waals surface area contributed by atoms with Gasteiger partial charge in [0.15, 0.2) is 5.82 Å². The normalized spacial score (nSPS) is 14.9. The first kappa shape index (κ1) is 15.1. The first-order valence-electron chi connectivity index (χ1n) is 6.92. The molecule has 114 valence electrons. The van der Waals surface area contributed by atoms with Crippen LogP contribution in [0, 0.1) is 0 Å². The van der Waals surface area contributed by atoms with Gasteiger partial charge in [-0.15, -0.1) is 0 Å². The predicted molar refractivity (Wildman–Crippen MR) is 78.8 cm³/mol. The summed E-state index contributed by atoms with van der Waals surface area (Å²) >= 11 is 0. The third kappa shape index (κ3) is 3.24. The molecule has 0 aromatic carbocycles. The molecule has 4 N–H and O–H groups in total. The standard InChI is InChI=1S/C14H20N4O3/c1-21-14(20)10-6-7-17-13(12(10)16)18(8-11(15)19)9-4-2-3-5-9/h6-7,9H,2-5,8,16H2,1H3,(H2,15,19). The zero-order chi connectivity index (χ0) is 15.4. The molecule has 1 aromatic rings. The molecule has 0 radical (unpaired) electrons. The van der Waals surface area contributed by atoms with Crippen molar-refractivity contribution in [2.24, 2.45) is 5.73 Å². The molecule has 0 atom stereocenters. The van der Waals surface area contributed by atoms with Crippen molar-refractivity contribution in [1.29, 1.82) is 0 Å². The summed E-state index contributed by atoms with van der Waals surface area (Å²) in [6, 6.07) is 1.67. The van der Waals surface area contributed by atoms with Crippen LogP contribution >= 0.6 is 0 Å². The van der Waals surface area contributed by atoms with Crippen LogP contribution in [0.4, 0.5) is 11.5 Å². The van der Waals surface area contributed by atoms with E-state index in [4.69, 9.17) is 16.2 Å². The van der Waals surface area contributed by atoms with Crippen molar-refractivity contribution < 1.29 is 14.3 Å². The largest absolute Gasteiger partial charge is 0.465 e. The number of ether oxygens (including phenoxy) is 1. The molecule has 1 aliphatic rings. The molecule has 1 aromatic heterocycles. The van der Waals surface area contributed by atoms with Gasteiger partial charge in [-0.2, -0.15) is 0 Å².